The van der Waals surface area contributed by atoms with E-state index >= 15 is 0 Å². The summed E-state index contributed by atoms with van der Waals surface area (Å²) in [6.07, 6.45) is 0.302. The molecule has 3 aromatic rings. The van der Waals surface area contributed by atoms with Gasteiger partial charge in [-0.25, -0.2) is 0 Å². The number of hydrogen-bond acceptors (Lipinski definition) is 3. The van der Waals surface area contributed by atoms with Crippen molar-refractivity contribution in [2.45, 2.75) is 32.1 Å². The van der Waals surface area contributed by atoms with Crippen molar-refractivity contribution in [2.24, 2.45) is 0 Å². The molecule has 0 aliphatic carbocycles. The molecule has 28 heavy (non-hydrogen) atoms. The largest absolute Gasteiger partial charge is 0.489 e. The average molecular weight is 396 g/mol. The second-order valence-electron chi connectivity index (χ2n) is 7.00. The van der Waals surface area contributed by atoms with Crippen LogP contribution < -0.4 is 10.1 Å². The number of aliphatic hydroxyl groups excluding tert-OH is 1. The Morgan fingerprint density at radius 2 is 1.68 bits per heavy atom. The third-order valence-corrected chi connectivity index (χ3v) is 4.84. The summed E-state index contributed by atoms with van der Waals surface area (Å²) in [5, 5.41) is 14.3. The van der Waals surface area contributed by atoms with Crippen molar-refractivity contribution in [3.63, 3.8) is 0 Å². The Hall–Kier alpha value is -2.33. The fraction of sp³-hybridized carbons (Fsp3) is 0.250. The number of nitrogens with one attached hydrogen (secondary N) is 1. The quantitative estimate of drug-likeness (QED) is 0.525. The zero-order valence-electron chi connectivity index (χ0n) is 16.0. The Kier molecular flexibility index (Phi) is 7.49. The summed E-state index contributed by atoms with van der Waals surface area (Å²) in [5.74, 6) is 0.865. The van der Waals surface area contributed by atoms with Crippen LogP contribution in [0.15, 0.2) is 78.9 Å². The van der Waals surface area contributed by atoms with Crippen LogP contribution >= 0.6 is 11.6 Å². The summed E-state index contributed by atoms with van der Waals surface area (Å²) in [4.78, 5) is 0. The predicted octanol–water partition coefficient (Wildman–Crippen LogP) is 5.17. The lowest BCUT2D eigenvalue weighted by Gasteiger charge is -2.18. The van der Waals surface area contributed by atoms with Crippen LogP contribution in [0.2, 0.25) is 5.02 Å². The molecule has 2 unspecified atom stereocenters. The highest BCUT2D eigenvalue weighted by molar-refractivity contribution is 6.30. The molecule has 0 heterocycles. The summed E-state index contributed by atoms with van der Waals surface area (Å²) < 4.78 is 5.83. The molecule has 0 radical (unpaired) electrons. The van der Waals surface area contributed by atoms with E-state index in [0.717, 1.165) is 23.3 Å². The average Bonchev–Trinajstić information content (AvgIpc) is 2.72. The highest BCUT2D eigenvalue weighted by Gasteiger charge is 2.10. The van der Waals surface area contributed by atoms with Gasteiger partial charge < -0.3 is 15.2 Å². The van der Waals surface area contributed by atoms with Crippen molar-refractivity contribution in [3.8, 4) is 5.75 Å². The van der Waals surface area contributed by atoms with Gasteiger partial charge >= 0.3 is 0 Å². The molecular weight excluding hydrogens is 370 g/mol. The second kappa shape index (κ2) is 10.3. The lowest BCUT2D eigenvalue weighted by molar-refractivity contribution is 0.170. The van der Waals surface area contributed by atoms with Gasteiger partial charge in [0, 0.05) is 17.6 Å². The topological polar surface area (TPSA) is 41.5 Å². The maximum absolute atomic E-state index is 10.3. The molecule has 0 spiro atoms. The zero-order chi connectivity index (χ0) is 19.8. The van der Waals surface area contributed by atoms with Gasteiger partial charge in [0.25, 0.3) is 0 Å². The molecular formula is C24H26ClNO2. The molecule has 3 rings (SSSR count). The van der Waals surface area contributed by atoms with E-state index in [1.807, 2.05) is 42.5 Å². The first-order valence-electron chi connectivity index (χ1n) is 9.53. The van der Waals surface area contributed by atoms with E-state index in [4.69, 9.17) is 16.3 Å². The molecule has 3 nitrogen and oxygen atoms in total. The molecule has 0 aromatic heterocycles. The second-order valence-corrected chi connectivity index (χ2v) is 7.44. The van der Waals surface area contributed by atoms with Gasteiger partial charge in [-0.3, -0.25) is 0 Å². The summed E-state index contributed by atoms with van der Waals surface area (Å²) in [7, 11) is 0. The fourth-order valence-electron chi connectivity index (χ4n) is 3.03. The van der Waals surface area contributed by atoms with E-state index in [-0.39, 0.29) is 6.04 Å². The maximum atomic E-state index is 10.3. The van der Waals surface area contributed by atoms with Gasteiger partial charge in [-0.05, 0) is 54.3 Å². The molecule has 0 saturated carbocycles. The minimum Gasteiger partial charge on any atom is -0.489 e. The van der Waals surface area contributed by atoms with Crippen molar-refractivity contribution in [3.05, 3.63) is 101 Å². The molecule has 0 amide bonds. The highest BCUT2D eigenvalue weighted by Crippen LogP contribution is 2.18. The molecule has 0 fully saturated rings. The molecule has 0 bridgehead atoms. The highest BCUT2D eigenvalue weighted by atomic mass is 35.5. The lowest BCUT2D eigenvalue weighted by atomic mass is 10.1. The molecule has 2 N–H and O–H groups in total. The van der Waals surface area contributed by atoms with Crippen LogP contribution in [-0.4, -0.2) is 17.7 Å². The maximum Gasteiger partial charge on any atom is 0.119 e. The van der Waals surface area contributed by atoms with Gasteiger partial charge in [-0.15, -0.1) is 0 Å². The molecule has 4 heteroatoms. The third-order valence-electron chi connectivity index (χ3n) is 4.61. The number of rotatable bonds is 9. The molecule has 3 aromatic carbocycles. The Labute approximate surface area is 171 Å². The first-order valence-corrected chi connectivity index (χ1v) is 9.90. The Balaban J connectivity index is 1.44. The summed E-state index contributed by atoms with van der Waals surface area (Å²) in [6, 6.07) is 25.9. The number of aliphatic hydroxyl groups is 1. The number of ether oxygens (including phenoxy) is 1. The fourth-order valence-corrected chi connectivity index (χ4v) is 3.23. The van der Waals surface area contributed by atoms with Crippen LogP contribution in [0.25, 0.3) is 0 Å². The number of hydrogen-bond donors (Lipinski definition) is 2. The zero-order valence-corrected chi connectivity index (χ0v) is 16.8. The Bertz CT molecular complexity index is 852. The summed E-state index contributed by atoms with van der Waals surface area (Å²) in [5.41, 5.74) is 3.21. The van der Waals surface area contributed by atoms with E-state index in [9.17, 15) is 5.11 Å². The smallest absolute Gasteiger partial charge is 0.119 e. The number of benzene rings is 3. The Morgan fingerprint density at radius 3 is 2.39 bits per heavy atom. The van der Waals surface area contributed by atoms with Gasteiger partial charge in [0.2, 0.25) is 0 Å². The van der Waals surface area contributed by atoms with Crippen LogP contribution in [0, 0.1) is 0 Å². The van der Waals surface area contributed by atoms with E-state index < -0.39 is 6.10 Å². The van der Waals surface area contributed by atoms with E-state index in [1.165, 1.54) is 5.56 Å². The molecule has 0 aliphatic rings. The summed E-state index contributed by atoms with van der Waals surface area (Å²) >= 11 is 5.99. The van der Waals surface area contributed by atoms with Gasteiger partial charge in [-0.2, -0.15) is 0 Å². The van der Waals surface area contributed by atoms with Gasteiger partial charge in [0.15, 0.2) is 0 Å². The van der Waals surface area contributed by atoms with Crippen LogP contribution in [0.5, 0.6) is 5.75 Å². The van der Waals surface area contributed by atoms with Crippen LogP contribution in [0.3, 0.4) is 0 Å². The lowest BCUT2D eigenvalue weighted by Crippen LogP contribution is -2.32. The first kappa shape index (κ1) is 20.4. The van der Waals surface area contributed by atoms with Crippen molar-refractivity contribution >= 4 is 11.6 Å². The third kappa shape index (κ3) is 6.38. The van der Waals surface area contributed by atoms with E-state index in [1.54, 1.807) is 12.1 Å². The minimum atomic E-state index is -0.574. The van der Waals surface area contributed by atoms with Gasteiger partial charge in [0.05, 0.1) is 6.10 Å². The molecule has 0 aliphatic heterocycles. The predicted molar refractivity (Wildman–Crippen MR) is 115 cm³/mol. The van der Waals surface area contributed by atoms with Crippen molar-refractivity contribution in [1.82, 2.24) is 5.32 Å². The molecule has 2 atom stereocenters. The van der Waals surface area contributed by atoms with E-state index in [2.05, 4.69) is 36.5 Å². The van der Waals surface area contributed by atoms with Crippen LogP contribution in [0.4, 0.5) is 0 Å². The summed E-state index contributed by atoms with van der Waals surface area (Å²) in [6.45, 7) is 3.17. The standard InChI is InChI=1S/C24H26ClNO2/c1-18(26-16-24(27)21-8-5-9-22(25)15-21)14-19-10-12-23(13-11-19)28-17-20-6-3-2-4-7-20/h2-13,15,18,24,26-27H,14,16-17H2,1H3. The molecule has 146 valence electrons. The van der Waals surface area contributed by atoms with Gasteiger partial charge in [-0.1, -0.05) is 66.2 Å². The molecule has 0 saturated heterocycles. The Morgan fingerprint density at radius 1 is 0.929 bits per heavy atom. The normalized spacial score (nSPS) is 13.1. The van der Waals surface area contributed by atoms with Crippen LogP contribution in [0.1, 0.15) is 29.7 Å². The van der Waals surface area contributed by atoms with Crippen LogP contribution in [-0.2, 0) is 13.0 Å². The van der Waals surface area contributed by atoms with Crippen molar-refractivity contribution in [2.75, 3.05) is 6.54 Å². The van der Waals surface area contributed by atoms with E-state index in [0.29, 0.717) is 18.2 Å². The van der Waals surface area contributed by atoms with Crippen molar-refractivity contribution < 1.29 is 9.84 Å². The van der Waals surface area contributed by atoms with Gasteiger partial charge in [0.1, 0.15) is 12.4 Å². The first-order chi connectivity index (χ1) is 13.6. The number of halogens is 1. The SMILES string of the molecule is CC(Cc1ccc(OCc2ccccc2)cc1)NCC(O)c1cccc(Cl)c1. The minimum absolute atomic E-state index is 0.241. The monoisotopic (exact) mass is 395 g/mol. The van der Waals surface area contributed by atoms with Crippen molar-refractivity contribution in [1.29, 1.82) is 0 Å².